The number of amides is 1. The molecule has 0 spiro atoms. The van der Waals surface area contributed by atoms with Gasteiger partial charge in [-0.1, -0.05) is 17.9 Å². The van der Waals surface area contributed by atoms with Crippen molar-refractivity contribution >= 4 is 35.8 Å². The Bertz CT molecular complexity index is 867. The molecule has 1 aromatic carbocycles. The molecule has 182 valence electrons. The molecule has 0 saturated carbocycles. The third-order valence-electron chi connectivity index (χ3n) is 5.55. The first-order valence-electron chi connectivity index (χ1n) is 11.1. The number of hydrogen-bond acceptors (Lipinski definition) is 3. The Morgan fingerprint density at radius 3 is 2.42 bits per heavy atom. The van der Waals surface area contributed by atoms with E-state index in [0.29, 0.717) is 18.7 Å². The van der Waals surface area contributed by atoms with Crippen LogP contribution in [-0.4, -0.2) is 85.5 Å². The highest BCUT2D eigenvalue weighted by atomic mass is 127. The second kappa shape index (κ2) is 13.0. The number of piperazine rings is 1. The number of carbonyl (C=O) groups excluding carboxylic acids is 1. The van der Waals surface area contributed by atoms with Gasteiger partial charge in [0.2, 0.25) is 5.91 Å². The third kappa shape index (κ3) is 8.37. The van der Waals surface area contributed by atoms with E-state index in [4.69, 9.17) is 0 Å². The van der Waals surface area contributed by atoms with Crippen molar-refractivity contribution in [1.82, 2.24) is 20.0 Å². The Kier molecular flexibility index (Phi) is 10.8. The maximum Gasteiger partial charge on any atom is 0.416 e. The first kappa shape index (κ1) is 27.2. The second-order valence-electron chi connectivity index (χ2n) is 7.90. The van der Waals surface area contributed by atoms with Crippen LogP contribution >= 0.6 is 24.0 Å². The van der Waals surface area contributed by atoms with E-state index in [-0.39, 0.29) is 36.4 Å². The van der Waals surface area contributed by atoms with Crippen LogP contribution in [0.1, 0.15) is 30.9 Å². The standard InChI is InChI=1S/C23H30F3N5O.HI/c1-2-27-22(28-10-6-8-19-7-5-9-20(17-19)23(24,25)26)31-15-13-29(14-16-31)18-21(32)30-11-3-4-12-30;/h5,7,9,17H,2-4,10-16,18H2,1H3,(H,27,28);1H. The zero-order valence-corrected chi connectivity index (χ0v) is 21.2. The fourth-order valence-electron chi connectivity index (χ4n) is 3.83. The van der Waals surface area contributed by atoms with E-state index in [9.17, 15) is 18.0 Å². The summed E-state index contributed by atoms with van der Waals surface area (Å²) in [5.41, 5.74) is -0.390. The van der Waals surface area contributed by atoms with Gasteiger partial charge in [0.25, 0.3) is 0 Å². The fourth-order valence-corrected chi connectivity index (χ4v) is 3.83. The highest BCUT2D eigenvalue weighted by Crippen LogP contribution is 2.29. The molecule has 6 nitrogen and oxygen atoms in total. The summed E-state index contributed by atoms with van der Waals surface area (Å²) < 4.78 is 38.5. The van der Waals surface area contributed by atoms with E-state index in [1.165, 1.54) is 6.07 Å². The van der Waals surface area contributed by atoms with Gasteiger partial charge >= 0.3 is 6.18 Å². The highest BCUT2D eigenvalue weighted by molar-refractivity contribution is 14.0. The molecule has 2 aliphatic rings. The summed E-state index contributed by atoms with van der Waals surface area (Å²) in [6, 6.07) is 4.99. The first-order chi connectivity index (χ1) is 15.4. The van der Waals surface area contributed by atoms with Crippen LogP contribution < -0.4 is 5.32 Å². The molecule has 0 atom stereocenters. The van der Waals surface area contributed by atoms with Crippen molar-refractivity contribution in [3.05, 3.63) is 35.4 Å². The summed E-state index contributed by atoms with van der Waals surface area (Å²) in [5.74, 6) is 6.54. The SMILES string of the molecule is CCNC(=NCC#Cc1cccc(C(F)(F)F)c1)N1CCN(CC(=O)N2CCCC2)CC1.I. The number of guanidine groups is 1. The minimum atomic E-state index is -4.38. The number of alkyl halides is 3. The van der Waals surface area contributed by atoms with Crippen molar-refractivity contribution in [1.29, 1.82) is 0 Å². The quantitative estimate of drug-likeness (QED) is 0.259. The van der Waals surface area contributed by atoms with E-state index in [0.717, 1.165) is 70.2 Å². The van der Waals surface area contributed by atoms with Gasteiger partial charge in [0.1, 0.15) is 6.54 Å². The number of hydrogen-bond donors (Lipinski definition) is 1. The van der Waals surface area contributed by atoms with E-state index in [2.05, 4.69) is 31.9 Å². The third-order valence-corrected chi connectivity index (χ3v) is 5.55. The number of benzene rings is 1. The fraction of sp³-hybridized carbons (Fsp3) is 0.565. The zero-order chi connectivity index (χ0) is 23.0. The highest BCUT2D eigenvalue weighted by Gasteiger charge is 2.30. The van der Waals surface area contributed by atoms with Crippen molar-refractivity contribution in [3.63, 3.8) is 0 Å². The lowest BCUT2D eigenvalue weighted by Crippen LogP contribution is -2.54. The molecule has 0 radical (unpaired) electrons. The van der Waals surface area contributed by atoms with Gasteiger partial charge in [0, 0.05) is 51.4 Å². The predicted molar refractivity (Wildman–Crippen MR) is 134 cm³/mol. The summed E-state index contributed by atoms with van der Waals surface area (Å²) in [6.45, 7) is 8.13. The minimum absolute atomic E-state index is 0. The van der Waals surface area contributed by atoms with Crippen LogP contribution in [-0.2, 0) is 11.0 Å². The number of carbonyl (C=O) groups is 1. The normalized spacial score (nSPS) is 17.3. The lowest BCUT2D eigenvalue weighted by molar-refractivity contribution is -0.137. The molecule has 0 bridgehead atoms. The number of aliphatic imine (C=N–C) groups is 1. The molecule has 0 unspecified atom stereocenters. The van der Waals surface area contributed by atoms with E-state index in [1.807, 2.05) is 11.8 Å². The van der Waals surface area contributed by atoms with Crippen molar-refractivity contribution in [2.75, 3.05) is 58.9 Å². The van der Waals surface area contributed by atoms with Gasteiger partial charge in [-0.25, -0.2) is 4.99 Å². The summed E-state index contributed by atoms with van der Waals surface area (Å²) in [4.78, 5) is 23.1. The summed E-state index contributed by atoms with van der Waals surface area (Å²) in [5, 5.41) is 3.25. The number of halogens is 4. The molecule has 10 heteroatoms. The summed E-state index contributed by atoms with van der Waals surface area (Å²) in [6.07, 6.45) is -2.19. The van der Waals surface area contributed by atoms with Crippen LogP contribution in [0.2, 0.25) is 0 Å². The van der Waals surface area contributed by atoms with Gasteiger partial charge in [-0.15, -0.1) is 24.0 Å². The first-order valence-corrected chi connectivity index (χ1v) is 11.1. The van der Waals surface area contributed by atoms with Gasteiger partial charge in [-0.05, 0) is 38.0 Å². The Morgan fingerprint density at radius 1 is 1.09 bits per heavy atom. The van der Waals surface area contributed by atoms with Gasteiger partial charge in [0.05, 0.1) is 12.1 Å². The van der Waals surface area contributed by atoms with Gasteiger partial charge in [0.15, 0.2) is 5.96 Å². The molecule has 0 aromatic heterocycles. The molecule has 3 rings (SSSR count). The van der Waals surface area contributed by atoms with Gasteiger partial charge < -0.3 is 15.1 Å². The summed E-state index contributed by atoms with van der Waals surface area (Å²) >= 11 is 0. The van der Waals surface area contributed by atoms with Crippen LogP contribution in [0, 0.1) is 11.8 Å². The smallest absolute Gasteiger partial charge is 0.356 e. The molecule has 2 aliphatic heterocycles. The van der Waals surface area contributed by atoms with Crippen molar-refractivity contribution in [2.24, 2.45) is 4.99 Å². The topological polar surface area (TPSA) is 51.2 Å². The average molecular weight is 577 g/mol. The van der Waals surface area contributed by atoms with Crippen LogP contribution in [0.4, 0.5) is 13.2 Å². The minimum Gasteiger partial charge on any atom is -0.356 e. The lowest BCUT2D eigenvalue weighted by Gasteiger charge is -2.36. The van der Waals surface area contributed by atoms with Gasteiger partial charge in [-0.3, -0.25) is 9.69 Å². The maximum absolute atomic E-state index is 12.8. The molecule has 1 N–H and O–H groups in total. The van der Waals surface area contributed by atoms with E-state index < -0.39 is 11.7 Å². The Balaban J connectivity index is 0.00000385. The monoisotopic (exact) mass is 577 g/mol. The second-order valence-corrected chi connectivity index (χ2v) is 7.90. The zero-order valence-electron chi connectivity index (χ0n) is 18.8. The Hall–Kier alpha value is -2.00. The molecule has 0 aliphatic carbocycles. The van der Waals surface area contributed by atoms with Crippen LogP contribution in [0.5, 0.6) is 0 Å². The number of likely N-dealkylation sites (tertiary alicyclic amines) is 1. The Morgan fingerprint density at radius 2 is 1.79 bits per heavy atom. The van der Waals surface area contributed by atoms with E-state index in [1.54, 1.807) is 6.07 Å². The van der Waals surface area contributed by atoms with Crippen LogP contribution in [0.3, 0.4) is 0 Å². The molecule has 2 saturated heterocycles. The summed E-state index contributed by atoms with van der Waals surface area (Å²) in [7, 11) is 0. The molecular weight excluding hydrogens is 546 g/mol. The molecule has 2 heterocycles. The number of rotatable bonds is 4. The lowest BCUT2D eigenvalue weighted by atomic mass is 10.1. The largest absolute Gasteiger partial charge is 0.416 e. The van der Waals surface area contributed by atoms with Gasteiger partial charge in [-0.2, -0.15) is 13.2 Å². The van der Waals surface area contributed by atoms with Crippen molar-refractivity contribution < 1.29 is 18.0 Å². The molecule has 33 heavy (non-hydrogen) atoms. The molecular formula is C23H31F3IN5O. The van der Waals surface area contributed by atoms with Crippen molar-refractivity contribution in [3.8, 4) is 11.8 Å². The number of nitrogens with one attached hydrogen (secondary N) is 1. The maximum atomic E-state index is 12.8. The number of nitrogens with zero attached hydrogens (tertiary/aromatic N) is 4. The van der Waals surface area contributed by atoms with Crippen LogP contribution in [0.25, 0.3) is 0 Å². The molecule has 2 fully saturated rings. The van der Waals surface area contributed by atoms with E-state index >= 15 is 0 Å². The van der Waals surface area contributed by atoms with Crippen molar-refractivity contribution in [2.45, 2.75) is 25.9 Å². The molecule has 1 aromatic rings. The molecule has 1 amide bonds. The predicted octanol–water partition coefficient (Wildman–Crippen LogP) is 2.88. The Labute approximate surface area is 210 Å². The van der Waals surface area contributed by atoms with Crippen LogP contribution in [0.15, 0.2) is 29.3 Å². The average Bonchev–Trinajstić information content (AvgIpc) is 3.31.